The third kappa shape index (κ3) is 5.38. The number of hydrogen-bond acceptors (Lipinski definition) is 8. The molecule has 0 amide bonds. The molecule has 0 saturated carbocycles. The zero-order valence-electron chi connectivity index (χ0n) is 23.5. The molecule has 6 heterocycles. The van der Waals surface area contributed by atoms with Crippen molar-refractivity contribution in [1.29, 1.82) is 0 Å². The lowest BCUT2D eigenvalue weighted by Crippen LogP contribution is -2.17. The Morgan fingerprint density at radius 1 is 0.652 bits per heavy atom. The largest absolute Gasteiger partial charge is 0.275 e. The summed E-state index contributed by atoms with van der Waals surface area (Å²) >= 11 is 20.7. The Balaban J connectivity index is 0.000000147. The second-order valence-electron chi connectivity index (χ2n) is 9.97. The van der Waals surface area contributed by atoms with Crippen LogP contribution in [0.4, 0.5) is 0 Å². The van der Waals surface area contributed by atoms with Crippen LogP contribution in [0.3, 0.4) is 0 Å². The van der Waals surface area contributed by atoms with Gasteiger partial charge in [-0.15, -0.1) is 29.3 Å². The summed E-state index contributed by atoms with van der Waals surface area (Å²) in [6, 6.07) is 17.8. The Morgan fingerprint density at radius 3 is 1.65 bits per heavy atom. The monoisotopic (exact) mass is 700 g/mol. The number of hydrogen-bond donors (Lipinski definition) is 0. The van der Waals surface area contributed by atoms with E-state index in [1.165, 1.54) is 38.1 Å². The molecule has 0 radical (unpaired) electrons. The van der Waals surface area contributed by atoms with Crippen LogP contribution < -0.4 is 11.1 Å². The number of benzene rings is 2. The molecule has 8 nitrogen and oxygen atoms in total. The standard InChI is InChI=1S/C18H12ClN3OS.C15H7Cl2N3OS/c1-2-3-11-8-9-20-17-14(11)15-16(24-17)18(23)22(10-21-15)13-6-4-12(19)5-7-13;16-8-1-3-9(4-2-8)20-7-19-12-11-10(17)5-6-18-14(11)22-13(12)15(20)21/h2,4-10H,1,3H2;1-7H. The molecule has 0 aliphatic carbocycles. The Labute approximate surface area is 283 Å². The molecule has 46 heavy (non-hydrogen) atoms. The lowest BCUT2D eigenvalue weighted by atomic mass is 10.1. The van der Waals surface area contributed by atoms with Crippen LogP contribution in [-0.4, -0.2) is 29.1 Å². The van der Waals surface area contributed by atoms with E-state index >= 15 is 0 Å². The maximum Gasteiger partial charge on any atom is 0.275 e. The summed E-state index contributed by atoms with van der Waals surface area (Å²) in [7, 11) is 0. The maximum absolute atomic E-state index is 12.9. The summed E-state index contributed by atoms with van der Waals surface area (Å²) in [5, 5.41) is 3.46. The van der Waals surface area contributed by atoms with E-state index in [0.717, 1.165) is 26.9 Å². The summed E-state index contributed by atoms with van der Waals surface area (Å²) in [4.78, 5) is 44.8. The van der Waals surface area contributed by atoms with Crippen LogP contribution in [0.25, 0.3) is 52.2 Å². The van der Waals surface area contributed by atoms with Crippen molar-refractivity contribution in [2.75, 3.05) is 0 Å². The van der Waals surface area contributed by atoms with Gasteiger partial charge < -0.3 is 0 Å². The zero-order chi connectivity index (χ0) is 31.9. The molecule has 0 aliphatic heterocycles. The number of halogens is 3. The van der Waals surface area contributed by atoms with Crippen molar-refractivity contribution in [2.24, 2.45) is 0 Å². The van der Waals surface area contributed by atoms with Crippen molar-refractivity contribution in [3.05, 3.63) is 140 Å². The molecule has 6 aromatic heterocycles. The molecule has 226 valence electrons. The Morgan fingerprint density at radius 2 is 1.13 bits per heavy atom. The Hall–Kier alpha value is -4.45. The minimum Gasteiger partial charge on any atom is -0.267 e. The Bertz CT molecular complexity index is 2560. The lowest BCUT2D eigenvalue weighted by Gasteiger charge is -2.05. The minimum absolute atomic E-state index is 0.102. The molecule has 0 bridgehead atoms. The first-order chi connectivity index (χ1) is 22.3. The first-order valence-corrected chi connectivity index (χ1v) is 16.5. The van der Waals surface area contributed by atoms with E-state index in [9.17, 15) is 9.59 Å². The van der Waals surface area contributed by atoms with Gasteiger partial charge in [-0.2, -0.15) is 0 Å². The number of allylic oxidation sites excluding steroid dienone is 1. The highest BCUT2D eigenvalue weighted by Crippen LogP contribution is 2.34. The number of aromatic nitrogens is 6. The molecule has 0 N–H and O–H groups in total. The van der Waals surface area contributed by atoms with Crippen LogP contribution in [-0.2, 0) is 6.42 Å². The predicted octanol–water partition coefficient (Wildman–Crippen LogP) is 8.68. The van der Waals surface area contributed by atoms with Crippen molar-refractivity contribution < 1.29 is 0 Å². The molecule has 0 aliphatic rings. The molecular formula is C33H19Cl3N6O2S2. The van der Waals surface area contributed by atoms with Crippen LogP contribution in [0.1, 0.15) is 5.56 Å². The van der Waals surface area contributed by atoms with Gasteiger partial charge in [0.15, 0.2) is 0 Å². The van der Waals surface area contributed by atoms with Crippen LogP contribution in [0.15, 0.2) is 108 Å². The van der Waals surface area contributed by atoms with Crippen molar-refractivity contribution in [2.45, 2.75) is 6.42 Å². The van der Waals surface area contributed by atoms with E-state index in [0.29, 0.717) is 52.4 Å². The number of rotatable bonds is 4. The molecule has 13 heteroatoms. The van der Waals surface area contributed by atoms with Crippen molar-refractivity contribution in [3.63, 3.8) is 0 Å². The quantitative estimate of drug-likeness (QED) is 0.171. The van der Waals surface area contributed by atoms with E-state index in [2.05, 4.69) is 26.5 Å². The second-order valence-corrected chi connectivity index (χ2v) is 13.2. The average molecular weight is 702 g/mol. The summed E-state index contributed by atoms with van der Waals surface area (Å²) in [6.45, 7) is 3.79. The number of thiophene rings is 2. The molecule has 0 spiro atoms. The highest BCUT2D eigenvalue weighted by atomic mass is 35.5. The van der Waals surface area contributed by atoms with Crippen molar-refractivity contribution in [3.8, 4) is 11.4 Å². The highest BCUT2D eigenvalue weighted by Gasteiger charge is 2.17. The number of pyridine rings is 2. The van der Waals surface area contributed by atoms with Gasteiger partial charge in [-0.05, 0) is 72.6 Å². The van der Waals surface area contributed by atoms with Gasteiger partial charge in [-0.3, -0.25) is 18.7 Å². The fourth-order valence-corrected chi connectivity index (χ4v) is 7.70. The smallest absolute Gasteiger partial charge is 0.267 e. The average Bonchev–Trinajstić information content (AvgIpc) is 3.64. The van der Waals surface area contributed by atoms with Gasteiger partial charge in [0.2, 0.25) is 0 Å². The van der Waals surface area contributed by atoms with E-state index < -0.39 is 0 Å². The van der Waals surface area contributed by atoms with E-state index in [1.54, 1.807) is 73.3 Å². The highest BCUT2D eigenvalue weighted by molar-refractivity contribution is 7.25. The SMILES string of the molecule is C=CCc1ccnc2sc3c(=O)n(-c4ccc(Cl)cc4)cnc3c12.O=c1c2sc3nccc(Cl)c3c2ncn1-c1ccc(Cl)cc1. The third-order valence-corrected chi connectivity index (χ3v) is 10.1. The zero-order valence-corrected chi connectivity index (χ0v) is 27.4. The maximum atomic E-state index is 12.9. The van der Waals surface area contributed by atoms with Gasteiger partial charge in [0.1, 0.15) is 31.7 Å². The first-order valence-electron chi connectivity index (χ1n) is 13.7. The van der Waals surface area contributed by atoms with E-state index in [1.807, 2.05) is 12.1 Å². The number of nitrogens with zero attached hydrogens (tertiary/aromatic N) is 6. The topological polar surface area (TPSA) is 95.6 Å². The fourth-order valence-electron chi connectivity index (χ4n) is 5.03. The van der Waals surface area contributed by atoms with Gasteiger partial charge in [0.25, 0.3) is 11.1 Å². The Kier molecular flexibility index (Phi) is 8.14. The van der Waals surface area contributed by atoms with Crippen molar-refractivity contribution >= 4 is 98.3 Å². The number of fused-ring (bicyclic) bond motifs is 6. The molecule has 8 rings (SSSR count). The van der Waals surface area contributed by atoms with Gasteiger partial charge in [-0.25, -0.2) is 19.9 Å². The lowest BCUT2D eigenvalue weighted by molar-refractivity contribution is 0.967. The van der Waals surface area contributed by atoms with E-state index in [4.69, 9.17) is 34.8 Å². The van der Waals surface area contributed by atoms with Gasteiger partial charge in [0, 0.05) is 27.8 Å². The molecule has 2 aromatic carbocycles. The summed E-state index contributed by atoms with van der Waals surface area (Å²) in [6.07, 6.45) is 9.00. The molecule has 8 aromatic rings. The van der Waals surface area contributed by atoms with Crippen LogP contribution in [0.2, 0.25) is 15.1 Å². The normalized spacial score (nSPS) is 11.3. The first kappa shape index (κ1) is 30.2. The van der Waals surface area contributed by atoms with Gasteiger partial charge in [-0.1, -0.05) is 40.9 Å². The molecule has 0 unspecified atom stereocenters. The minimum atomic E-state index is -0.147. The third-order valence-electron chi connectivity index (χ3n) is 7.17. The van der Waals surface area contributed by atoms with Crippen LogP contribution in [0, 0.1) is 0 Å². The van der Waals surface area contributed by atoms with Crippen LogP contribution in [0.5, 0.6) is 0 Å². The second kappa shape index (κ2) is 12.4. The molecule has 0 saturated heterocycles. The fraction of sp³-hybridized carbons (Fsp3) is 0.0303. The van der Waals surface area contributed by atoms with Crippen LogP contribution >= 0.6 is 57.5 Å². The van der Waals surface area contributed by atoms with Gasteiger partial charge >= 0.3 is 0 Å². The van der Waals surface area contributed by atoms with E-state index in [-0.39, 0.29) is 11.1 Å². The summed E-state index contributed by atoms with van der Waals surface area (Å²) < 4.78 is 4.16. The molecule has 0 atom stereocenters. The summed E-state index contributed by atoms with van der Waals surface area (Å²) in [5.74, 6) is 0. The summed E-state index contributed by atoms with van der Waals surface area (Å²) in [5.41, 5.74) is 3.57. The molecule has 0 fully saturated rings. The predicted molar refractivity (Wildman–Crippen MR) is 190 cm³/mol. The van der Waals surface area contributed by atoms with Gasteiger partial charge in [0.05, 0.1) is 32.8 Å². The van der Waals surface area contributed by atoms with Crippen molar-refractivity contribution in [1.82, 2.24) is 29.1 Å². The molecular weight excluding hydrogens is 683 g/mol.